The topological polar surface area (TPSA) is 34.1 Å². The van der Waals surface area contributed by atoms with Crippen LogP contribution in [0.25, 0.3) is 0 Å². The molecule has 0 spiro atoms. The summed E-state index contributed by atoms with van der Waals surface area (Å²) in [5.41, 5.74) is 0. The van der Waals surface area contributed by atoms with E-state index >= 15 is 0 Å². The van der Waals surface area contributed by atoms with Crippen LogP contribution in [0, 0.1) is 5.92 Å². The summed E-state index contributed by atoms with van der Waals surface area (Å²) < 4.78 is 34.2. The molecule has 0 aliphatic carbocycles. The summed E-state index contributed by atoms with van der Waals surface area (Å²) in [7, 11) is -3.06. The van der Waals surface area contributed by atoms with Crippen molar-refractivity contribution in [3.8, 4) is 0 Å². The maximum Gasteiger partial charge on any atom is 0.153 e. The molecule has 0 bridgehead atoms. The van der Waals surface area contributed by atoms with Crippen LogP contribution < -0.4 is 0 Å². The second-order valence-corrected chi connectivity index (χ2v) is 5.17. The molecule has 60 valence electrons. The van der Waals surface area contributed by atoms with Gasteiger partial charge < -0.3 is 0 Å². The Hall–Kier alpha value is -0.120. The Morgan fingerprint density at radius 3 is 2.40 bits per heavy atom. The fourth-order valence-electron chi connectivity index (χ4n) is 1.35. The standard InChI is InChI=1S/C6H11FO2S/c1-5-2-6(7)4-10(8,9)3-5/h5-6H,2-4H2,1H3. The van der Waals surface area contributed by atoms with Crippen LogP contribution in [0.1, 0.15) is 13.3 Å². The molecule has 1 heterocycles. The van der Waals surface area contributed by atoms with Gasteiger partial charge in [-0.05, 0) is 12.3 Å². The first-order valence-corrected chi connectivity index (χ1v) is 5.16. The van der Waals surface area contributed by atoms with Crippen molar-refractivity contribution in [1.82, 2.24) is 0 Å². The number of alkyl halides is 1. The van der Waals surface area contributed by atoms with E-state index in [9.17, 15) is 12.8 Å². The van der Waals surface area contributed by atoms with E-state index in [1.165, 1.54) is 0 Å². The number of hydrogen-bond donors (Lipinski definition) is 0. The van der Waals surface area contributed by atoms with E-state index in [4.69, 9.17) is 0 Å². The van der Waals surface area contributed by atoms with Crippen LogP contribution in [0.5, 0.6) is 0 Å². The molecule has 0 aromatic carbocycles. The predicted octanol–water partition coefficient (Wildman–Crippen LogP) is 0.779. The molecule has 0 radical (unpaired) electrons. The van der Waals surface area contributed by atoms with Crippen molar-refractivity contribution in [1.29, 1.82) is 0 Å². The van der Waals surface area contributed by atoms with Crippen molar-refractivity contribution in [2.24, 2.45) is 5.92 Å². The molecule has 0 N–H and O–H groups in total. The molecule has 2 nitrogen and oxygen atoms in total. The van der Waals surface area contributed by atoms with Gasteiger partial charge in [0.2, 0.25) is 0 Å². The van der Waals surface area contributed by atoms with Gasteiger partial charge in [-0.2, -0.15) is 0 Å². The van der Waals surface area contributed by atoms with Crippen LogP contribution in [0.15, 0.2) is 0 Å². The molecule has 1 aliphatic rings. The average molecular weight is 166 g/mol. The zero-order chi connectivity index (χ0) is 7.78. The third-order valence-corrected chi connectivity index (χ3v) is 3.58. The molecule has 1 rings (SSSR count). The molecule has 1 aliphatic heterocycles. The van der Waals surface area contributed by atoms with Crippen molar-refractivity contribution < 1.29 is 12.8 Å². The van der Waals surface area contributed by atoms with Crippen molar-refractivity contribution in [2.75, 3.05) is 11.5 Å². The summed E-state index contributed by atoms with van der Waals surface area (Å²) in [5.74, 6) is -0.112. The molecule has 1 fully saturated rings. The van der Waals surface area contributed by atoms with Gasteiger partial charge in [0.1, 0.15) is 6.17 Å². The fourth-order valence-corrected chi connectivity index (χ4v) is 3.18. The lowest BCUT2D eigenvalue weighted by Crippen LogP contribution is -2.31. The smallest absolute Gasteiger partial charge is 0.153 e. The summed E-state index contributed by atoms with van der Waals surface area (Å²) in [5, 5.41) is 0. The molecule has 0 amide bonds. The third-order valence-electron chi connectivity index (χ3n) is 1.63. The van der Waals surface area contributed by atoms with Crippen LogP contribution in [0.4, 0.5) is 4.39 Å². The van der Waals surface area contributed by atoms with Crippen molar-refractivity contribution in [3.63, 3.8) is 0 Å². The van der Waals surface area contributed by atoms with Gasteiger partial charge in [-0.3, -0.25) is 0 Å². The minimum absolute atomic E-state index is 0.00579. The van der Waals surface area contributed by atoms with E-state index in [2.05, 4.69) is 0 Å². The molecule has 1 saturated heterocycles. The molecule has 2 atom stereocenters. The zero-order valence-electron chi connectivity index (χ0n) is 5.88. The monoisotopic (exact) mass is 166 g/mol. The highest BCUT2D eigenvalue weighted by Gasteiger charge is 2.28. The Bertz CT molecular complexity index is 194. The Labute approximate surface area is 60.3 Å². The summed E-state index contributed by atoms with van der Waals surface area (Å²) in [6.07, 6.45) is -0.729. The summed E-state index contributed by atoms with van der Waals surface area (Å²) in [6.45, 7) is 1.77. The molecule has 0 aromatic rings. The Balaban J connectivity index is 2.69. The fraction of sp³-hybridized carbons (Fsp3) is 1.00. The first kappa shape index (κ1) is 7.98. The Kier molecular flexibility index (Phi) is 1.99. The highest BCUT2D eigenvalue weighted by molar-refractivity contribution is 7.91. The van der Waals surface area contributed by atoms with Gasteiger partial charge in [-0.25, -0.2) is 12.8 Å². The lowest BCUT2D eigenvalue weighted by Gasteiger charge is -2.20. The zero-order valence-corrected chi connectivity index (χ0v) is 6.70. The minimum Gasteiger partial charge on any atom is -0.246 e. The molecule has 10 heavy (non-hydrogen) atoms. The van der Waals surface area contributed by atoms with Crippen molar-refractivity contribution in [2.45, 2.75) is 19.5 Å². The number of rotatable bonds is 0. The lowest BCUT2D eigenvalue weighted by atomic mass is 10.1. The Morgan fingerprint density at radius 1 is 1.40 bits per heavy atom. The molecule has 4 heteroatoms. The Morgan fingerprint density at radius 2 is 2.00 bits per heavy atom. The van der Waals surface area contributed by atoms with Crippen LogP contribution in [0.2, 0.25) is 0 Å². The van der Waals surface area contributed by atoms with Gasteiger partial charge in [-0.15, -0.1) is 0 Å². The van der Waals surface area contributed by atoms with Gasteiger partial charge in [0.05, 0.1) is 11.5 Å². The quantitative estimate of drug-likeness (QED) is 0.533. The minimum atomic E-state index is -3.06. The second kappa shape index (κ2) is 2.49. The molecule has 0 aromatic heterocycles. The molecule has 2 unspecified atom stereocenters. The van der Waals surface area contributed by atoms with Gasteiger partial charge in [0.15, 0.2) is 9.84 Å². The van der Waals surface area contributed by atoms with Gasteiger partial charge >= 0.3 is 0 Å². The largest absolute Gasteiger partial charge is 0.246 e. The highest BCUT2D eigenvalue weighted by Crippen LogP contribution is 2.19. The first-order valence-electron chi connectivity index (χ1n) is 3.34. The van der Waals surface area contributed by atoms with E-state index < -0.39 is 16.0 Å². The summed E-state index contributed by atoms with van der Waals surface area (Å²) in [4.78, 5) is 0. The highest BCUT2D eigenvalue weighted by atomic mass is 32.2. The van der Waals surface area contributed by atoms with E-state index in [0.717, 1.165) is 0 Å². The van der Waals surface area contributed by atoms with E-state index in [-0.39, 0.29) is 17.4 Å². The normalized spacial score (nSPS) is 39.4. The van der Waals surface area contributed by atoms with Crippen LogP contribution in [-0.4, -0.2) is 26.1 Å². The third kappa shape index (κ3) is 1.94. The average Bonchev–Trinajstić information content (AvgIpc) is 1.54. The second-order valence-electron chi connectivity index (χ2n) is 3.02. The maximum absolute atomic E-state index is 12.6. The SMILES string of the molecule is CC1CC(F)CS(=O)(=O)C1. The number of sulfone groups is 1. The molecule has 0 saturated carbocycles. The molecular formula is C6H11FO2S. The first-order chi connectivity index (χ1) is 4.49. The van der Waals surface area contributed by atoms with Crippen molar-refractivity contribution in [3.05, 3.63) is 0 Å². The van der Waals surface area contributed by atoms with E-state index in [0.29, 0.717) is 6.42 Å². The van der Waals surface area contributed by atoms with E-state index in [1.807, 2.05) is 0 Å². The van der Waals surface area contributed by atoms with Crippen molar-refractivity contribution >= 4 is 9.84 Å². The number of hydrogen-bond acceptors (Lipinski definition) is 2. The van der Waals surface area contributed by atoms with Gasteiger partial charge in [0, 0.05) is 0 Å². The van der Waals surface area contributed by atoms with Gasteiger partial charge in [-0.1, -0.05) is 6.92 Å². The lowest BCUT2D eigenvalue weighted by molar-refractivity contribution is 0.296. The summed E-state index contributed by atoms with van der Waals surface area (Å²) in [6, 6.07) is 0. The molecular weight excluding hydrogens is 155 g/mol. The van der Waals surface area contributed by atoms with Crippen LogP contribution in [0.3, 0.4) is 0 Å². The van der Waals surface area contributed by atoms with Crippen LogP contribution >= 0.6 is 0 Å². The number of halogens is 1. The van der Waals surface area contributed by atoms with Crippen LogP contribution in [-0.2, 0) is 9.84 Å². The van der Waals surface area contributed by atoms with E-state index in [1.54, 1.807) is 6.92 Å². The maximum atomic E-state index is 12.6. The summed E-state index contributed by atoms with van der Waals surface area (Å²) >= 11 is 0. The predicted molar refractivity (Wildman–Crippen MR) is 37.3 cm³/mol. The van der Waals surface area contributed by atoms with Gasteiger partial charge in [0.25, 0.3) is 0 Å².